The van der Waals surface area contributed by atoms with Gasteiger partial charge in [0.15, 0.2) is 11.6 Å². The Morgan fingerprint density at radius 2 is 2.21 bits per heavy atom. The molecule has 0 radical (unpaired) electrons. The molecule has 19 heavy (non-hydrogen) atoms. The molecule has 1 aliphatic heterocycles. The van der Waals surface area contributed by atoms with Gasteiger partial charge in [-0.25, -0.2) is 4.39 Å². The number of benzene rings is 1. The smallest absolute Gasteiger partial charge is 0.223 e. The summed E-state index contributed by atoms with van der Waals surface area (Å²) in [6.45, 7) is 3.20. The van der Waals surface area contributed by atoms with Gasteiger partial charge in [-0.15, -0.1) is 0 Å². The number of carbonyl (C=O) groups is 1. The fraction of sp³-hybridized carbons (Fsp3) is 0.500. The van der Waals surface area contributed by atoms with Gasteiger partial charge >= 0.3 is 0 Å². The van der Waals surface area contributed by atoms with Gasteiger partial charge < -0.3 is 9.64 Å². The van der Waals surface area contributed by atoms with Gasteiger partial charge in [0.1, 0.15) is 6.10 Å². The van der Waals surface area contributed by atoms with E-state index >= 15 is 0 Å². The molecule has 1 fully saturated rings. The van der Waals surface area contributed by atoms with Crippen LogP contribution >= 0.6 is 11.8 Å². The molecule has 5 heteroatoms. The number of halogens is 1. The van der Waals surface area contributed by atoms with Crippen molar-refractivity contribution >= 4 is 17.7 Å². The highest BCUT2D eigenvalue weighted by atomic mass is 32.2. The Morgan fingerprint density at radius 3 is 2.89 bits per heavy atom. The summed E-state index contributed by atoms with van der Waals surface area (Å²) in [7, 11) is 0. The normalized spacial score (nSPS) is 15.2. The van der Waals surface area contributed by atoms with Crippen molar-refractivity contribution < 1.29 is 13.9 Å². The van der Waals surface area contributed by atoms with Crippen molar-refractivity contribution in [3.05, 3.63) is 30.1 Å². The topological polar surface area (TPSA) is 29.5 Å². The van der Waals surface area contributed by atoms with Gasteiger partial charge in [-0.05, 0) is 17.9 Å². The second-order valence-electron chi connectivity index (χ2n) is 4.42. The van der Waals surface area contributed by atoms with Crippen LogP contribution in [0.1, 0.15) is 13.3 Å². The van der Waals surface area contributed by atoms with Crippen molar-refractivity contribution in [3.8, 4) is 5.75 Å². The summed E-state index contributed by atoms with van der Waals surface area (Å²) in [6.07, 6.45) is 0.491. The molecule has 1 amide bonds. The zero-order chi connectivity index (χ0) is 13.7. The van der Waals surface area contributed by atoms with Crippen LogP contribution in [0.2, 0.25) is 0 Å². The summed E-state index contributed by atoms with van der Waals surface area (Å²) in [4.78, 5) is 13.5. The fourth-order valence-electron chi connectivity index (χ4n) is 1.90. The van der Waals surface area contributed by atoms with E-state index in [1.165, 1.54) is 6.07 Å². The van der Waals surface area contributed by atoms with Crippen molar-refractivity contribution in [3.63, 3.8) is 0 Å². The van der Waals surface area contributed by atoms with E-state index in [0.717, 1.165) is 11.5 Å². The summed E-state index contributed by atoms with van der Waals surface area (Å²) >= 11 is 1.77. The second kappa shape index (κ2) is 6.80. The maximum atomic E-state index is 13.4. The van der Waals surface area contributed by atoms with E-state index in [-0.39, 0.29) is 23.6 Å². The van der Waals surface area contributed by atoms with Crippen LogP contribution in [0.5, 0.6) is 5.75 Å². The summed E-state index contributed by atoms with van der Waals surface area (Å²) in [5.41, 5.74) is 0. The van der Waals surface area contributed by atoms with Gasteiger partial charge in [-0.1, -0.05) is 19.1 Å². The molecule has 0 aliphatic carbocycles. The minimum Gasteiger partial charge on any atom is -0.484 e. The van der Waals surface area contributed by atoms with E-state index in [1.807, 2.05) is 0 Å². The number of hydrogen-bond donors (Lipinski definition) is 0. The number of likely N-dealkylation sites (tertiary alicyclic amines) is 1. The maximum absolute atomic E-state index is 13.4. The highest BCUT2D eigenvalue weighted by Gasteiger charge is 2.32. The average molecular weight is 283 g/mol. The highest BCUT2D eigenvalue weighted by molar-refractivity contribution is 7.99. The molecule has 1 aliphatic rings. The van der Waals surface area contributed by atoms with Gasteiger partial charge in [0.25, 0.3) is 0 Å². The first-order chi connectivity index (χ1) is 9.20. The minimum absolute atomic E-state index is 0.0836. The zero-order valence-electron chi connectivity index (χ0n) is 11.0. The van der Waals surface area contributed by atoms with Gasteiger partial charge in [-0.3, -0.25) is 4.79 Å². The molecule has 1 heterocycles. The molecule has 0 spiro atoms. The molecular formula is C14H18FNO2S. The number of para-hydroxylation sites is 1. The third-order valence-electron chi connectivity index (χ3n) is 3.00. The van der Waals surface area contributed by atoms with E-state index in [2.05, 4.69) is 6.92 Å². The van der Waals surface area contributed by atoms with Crippen molar-refractivity contribution in [1.29, 1.82) is 0 Å². The predicted molar refractivity (Wildman–Crippen MR) is 75.0 cm³/mol. The molecular weight excluding hydrogens is 265 g/mol. The number of rotatable bonds is 6. The second-order valence-corrected chi connectivity index (χ2v) is 5.81. The SMILES string of the molecule is CCSCCC(=O)N1CC(Oc2ccccc2F)C1. The molecule has 0 bridgehead atoms. The van der Waals surface area contributed by atoms with Crippen LogP contribution in [0, 0.1) is 5.82 Å². The molecule has 1 saturated heterocycles. The van der Waals surface area contributed by atoms with Crippen molar-refractivity contribution in [2.24, 2.45) is 0 Å². The molecule has 104 valence electrons. The van der Waals surface area contributed by atoms with Gasteiger partial charge in [-0.2, -0.15) is 11.8 Å². The van der Waals surface area contributed by atoms with Crippen LogP contribution in [-0.4, -0.2) is 41.5 Å². The first-order valence-corrected chi connectivity index (χ1v) is 7.63. The van der Waals surface area contributed by atoms with Gasteiger partial charge in [0, 0.05) is 12.2 Å². The first-order valence-electron chi connectivity index (χ1n) is 6.47. The number of amides is 1. The standard InChI is InChI=1S/C14H18FNO2S/c1-2-19-8-7-14(17)16-9-11(10-16)18-13-6-4-3-5-12(13)15/h3-6,11H,2,7-10H2,1H3. The van der Waals surface area contributed by atoms with Gasteiger partial charge in [0.05, 0.1) is 13.1 Å². The molecule has 1 aromatic rings. The van der Waals surface area contributed by atoms with E-state index in [1.54, 1.807) is 34.9 Å². The van der Waals surface area contributed by atoms with Crippen LogP contribution in [0.3, 0.4) is 0 Å². The number of carbonyl (C=O) groups excluding carboxylic acids is 1. The molecule has 0 N–H and O–H groups in total. The zero-order valence-corrected chi connectivity index (χ0v) is 11.8. The Bertz CT molecular complexity index is 435. The van der Waals surface area contributed by atoms with Gasteiger partial charge in [0.2, 0.25) is 5.91 Å². The predicted octanol–water partition coefficient (Wildman–Crippen LogP) is 2.56. The number of hydrogen-bond acceptors (Lipinski definition) is 3. The summed E-state index contributed by atoms with van der Waals surface area (Å²) in [6, 6.07) is 6.35. The molecule has 0 atom stereocenters. The highest BCUT2D eigenvalue weighted by Crippen LogP contribution is 2.21. The lowest BCUT2D eigenvalue weighted by molar-refractivity contribution is -0.139. The van der Waals surface area contributed by atoms with E-state index in [0.29, 0.717) is 19.5 Å². The van der Waals surface area contributed by atoms with Crippen molar-refractivity contribution in [2.45, 2.75) is 19.4 Å². The summed E-state index contributed by atoms with van der Waals surface area (Å²) in [5, 5.41) is 0. The van der Waals surface area contributed by atoms with E-state index < -0.39 is 0 Å². The van der Waals surface area contributed by atoms with E-state index in [9.17, 15) is 9.18 Å². The first kappa shape index (κ1) is 14.2. The molecule has 1 aromatic carbocycles. The Labute approximate surface area is 117 Å². The Morgan fingerprint density at radius 1 is 1.47 bits per heavy atom. The molecule has 0 aromatic heterocycles. The van der Waals surface area contributed by atoms with Crippen LogP contribution < -0.4 is 4.74 Å². The monoisotopic (exact) mass is 283 g/mol. The van der Waals surface area contributed by atoms with Crippen LogP contribution in [0.15, 0.2) is 24.3 Å². The molecule has 3 nitrogen and oxygen atoms in total. The molecule has 2 rings (SSSR count). The third-order valence-corrected chi connectivity index (χ3v) is 3.90. The number of nitrogens with zero attached hydrogens (tertiary/aromatic N) is 1. The lowest BCUT2D eigenvalue weighted by atomic mass is 10.1. The summed E-state index contributed by atoms with van der Waals surface area (Å²) < 4.78 is 18.9. The Hall–Kier alpha value is -1.23. The fourth-order valence-corrected chi connectivity index (χ4v) is 2.51. The average Bonchev–Trinajstić information content (AvgIpc) is 2.35. The third kappa shape index (κ3) is 3.86. The van der Waals surface area contributed by atoms with Crippen molar-refractivity contribution in [1.82, 2.24) is 4.90 Å². The van der Waals surface area contributed by atoms with Crippen LogP contribution in [-0.2, 0) is 4.79 Å². The molecule has 0 saturated carbocycles. The Balaban J connectivity index is 1.71. The van der Waals surface area contributed by atoms with Crippen LogP contribution in [0.4, 0.5) is 4.39 Å². The van der Waals surface area contributed by atoms with Crippen molar-refractivity contribution in [2.75, 3.05) is 24.6 Å². The lowest BCUT2D eigenvalue weighted by Crippen LogP contribution is -2.56. The largest absolute Gasteiger partial charge is 0.484 e. The number of thioether (sulfide) groups is 1. The minimum atomic E-state index is -0.355. The number of ether oxygens (including phenoxy) is 1. The van der Waals surface area contributed by atoms with Crippen LogP contribution in [0.25, 0.3) is 0 Å². The lowest BCUT2D eigenvalue weighted by Gasteiger charge is -2.39. The van der Waals surface area contributed by atoms with E-state index in [4.69, 9.17) is 4.74 Å². The quantitative estimate of drug-likeness (QED) is 0.752. The molecule has 0 unspecified atom stereocenters. The summed E-state index contributed by atoms with van der Waals surface area (Å²) in [5.74, 6) is 1.97. The Kier molecular flexibility index (Phi) is 5.07. The maximum Gasteiger partial charge on any atom is 0.223 e.